The van der Waals surface area contributed by atoms with Crippen molar-refractivity contribution in [2.24, 2.45) is 0 Å². The Bertz CT molecular complexity index is 712. The van der Waals surface area contributed by atoms with Crippen LogP contribution in [0.2, 0.25) is 0 Å². The van der Waals surface area contributed by atoms with E-state index in [1.807, 2.05) is 43.3 Å². The van der Waals surface area contributed by atoms with E-state index in [9.17, 15) is 4.79 Å². The lowest BCUT2D eigenvalue weighted by Crippen LogP contribution is -2.31. The van der Waals surface area contributed by atoms with Gasteiger partial charge in [-0.3, -0.25) is 4.79 Å². The second-order valence-electron chi connectivity index (χ2n) is 6.44. The molecule has 5 nitrogen and oxygen atoms in total. The maximum Gasteiger partial charge on any atom is 0.238 e. The Morgan fingerprint density at radius 2 is 1.77 bits per heavy atom. The minimum absolute atomic E-state index is 0.0503. The number of para-hydroxylation sites is 1. The smallest absolute Gasteiger partial charge is 0.238 e. The second kappa shape index (κ2) is 9.82. The zero-order valence-electron chi connectivity index (χ0n) is 16.0. The highest BCUT2D eigenvalue weighted by atomic mass is 16.5. The van der Waals surface area contributed by atoms with Crippen LogP contribution in [0.3, 0.4) is 0 Å². The molecule has 140 valence electrons. The summed E-state index contributed by atoms with van der Waals surface area (Å²) in [7, 11) is 1.63. The summed E-state index contributed by atoms with van der Waals surface area (Å²) in [6.45, 7) is 7.58. The standard InChI is InChI=1S/C21H28N2O3/c1-15(2)19-7-5-6-16(3)21(19)23-20(24)14-22-12-13-26-18-10-8-17(25-4)9-11-18/h5-11,15,22H,12-14H2,1-4H3,(H,23,24). The van der Waals surface area contributed by atoms with Gasteiger partial charge in [0.25, 0.3) is 0 Å². The lowest BCUT2D eigenvalue weighted by atomic mass is 9.98. The van der Waals surface area contributed by atoms with Crippen molar-refractivity contribution in [1.82, 2.24) is 5.32 Å². The molecule has 0 heterocycles. The number of amides is 1. The fourth-order valence-corrected chi connectivity index (χ4v) is 2.64. The SMILES string of the molecule is COc1ccc(OCCNCC(=O)Nc2c(C)cccc2C(C)C)cc1. The maximum atomic E-state index is 12.2. The number of methoxy groups -OCH3 is 1. The number of hydrogen-bond acceptors (Lipinski definition) is 4. The van der Waals surface area contributed by atoms with E-state index in [1.54, 1.807) is 7.11 Å². The van der Waals surface area contributed by atoms with Crippen LogP contribution in [0.1, 0.15) is 30.9 Å². The van der Waals surface area contributed by atoms with Gasteiger partial charge >= 0.3 is 0 Å². The Hall–Kier alpha value is -2.53. The fourth-order valence-electron chi connectivity index (χ4n) is 2.64. The third kappa shape index (κ3) is 5.77. The first-order chi connectivity index (χ1) is 12.5. The van der Waals surface area contributed by atoms with Crippen LogP contribution in [-0.2, 0) is 4.79 Å². The number of hydrogen-bond donors (Lipinski definition) is 2. The quantitative estimate of drug-likeness (QED) is 0.672. The molecule has 0 aromatic heterocycles. The van der Waals surface area contributed by atoms with Gasteiger partial charge in [0.15, 0.2) is 0 Å². The second-order valence-corrected chi connectivity index (χ2v) is 6.44. The number of carbonyl (C=O) groups excluding carboxylic acids is 1. The van der Waals surface area contributed by atoms with Crippen LogP contribution in [-0.4, -0.2) is 32.7 Å². The molecule has 0 atom stereocenters. The van der Waals surface area contributed by atoms with Crippen molar-refractivity contribution in [3.63, 3.8) is 0 Å². The van der Waals surface area contributed by atoms with E-state index in [1.165, 1.54) is 0 Å². The van der Waals surface area contributed by atoms with Crippen LogP contribution >= 0.6 is 0 Å². The molecule has 0 saturated carbocycles. The highest BCUT2D eigenvalue weighted by Gasteiger charge is 2.11. The molecule has 2 rings (SSSR count). The molecule has 0 fully saturated rings. The number of benzene rings is 2. The summed E-state index contributed by atoms with van der Waals surface area (Å²) in [5.41, 5.74) is 3.15. The van der Waals surface area contributed by atoms with Crippen molar-refractivity contribution in [3.05, 3.63) is 53.6 Å². The van der Waals surface area contributed by atoms with Crippen molar-refractivity contribution >= 4 is 11.6 Å². The molecule has 0 saturated heterocycles. The van der Waals surface area contributed by atoms with E-state index in [0.29, 0.717) is 19.1 Å². The zero-order valence-corrected chi connectivity index (χ0v) is 16.0. The van der Waals surface area contributed by atoms with Gasteiger partial charge in [-0.15, -0.1) is 0 Å². The summed E-state index contributed by atoms with van der Waals surface area (Å²) in [6, 6.07) is 13.5. The van der Waals surface area contributed by atoms with Gasteiger partial charge in [0, 0.05) is 12.2 Å². The molecule has 0 bridgehead atoms. The number of carbonyl (C=O) groups is 1. The monoisotopic (exact) mass is 356 g/mol. The minimum Gasteiger partial charge on any atom is -0.497 e. The molecule has 0 aliphatic rings. The molecule has 0 unspecified atom stereocenters. The Morgan fingerprint density at radius 3 is 2.42 bits per heavy atom. The molecule has 2 aromatic carbocycles. The molecule has 0 aliphatic heterocycles. The van der Waals surface area contributed by atoms with E-state index in [-0.39, 0.29) is 12.5 Å². The van der Waals surface area contributed by atoms with Crippen LogP contribution in [0.15, 0.2) is 42.5 Å². The Morgan fingerprint density at radius 1 is 1.08 bits per heavy atom. The van der Waals surface area contributed by atoms with Gasteiger partial charge < -0.3 is 20.1 Å². The molecule has 1 amide bonds. The average Bonchev–Trinajstić information content (AvgIpc) is 2.63. The average molecular weight is 356 g/mol. The van der Waals surface area contributed by atoms with E-state index in [4.69, 9.17) is 9.47 Å². The number of rotatable bonds is 9. The summed E-state index contributed by atoms with van der Waals surface area (Å²) < 4.78 is 10.7. The lowest BCUT2D eigenvalue weighted by molar-refractivity contribution is -0.115. The van der Waals surface area contributed by atoms with Crippen LogP contribution in [0.5, 0.6) is 11.5 Å². The van der Waals surface area contributed by atoms with E-state index < -0.39 is 0 Å². The minimum atomic E-state index is -0.0503. The first-order valence-corrected chi connectivity index (χ1v) is 8.88. The number of anilines is 1. The maximum absolute atomic E-state index is 12.2. The summed E-state index contributed by atoms with van der Waals surface area (Å²) >= 11 is 0. The molecule has 0 radical (unpaired) electrons. The van der Waals surface area contributed by atoms with Gasteiger partial charge in [-0.2, -0.15) is 0 Å². The first-order valence-electron chi connectivity index (χ1n) is 8.88. The summed E-state index contributed by atoms with van der Waals surface area (Å²) in [5, 5.41) is 6.13. The van der Waals surface area contributed by atoms with E-state index in [0.717, 1.165) is 28.3 Å². The Labute approximate surface area is 155 Å². The van der Waals surface area contributed by atoms with Gasteiger partial charge in [0.2, 0.25) is 5.91 Å². The highest BCUT2D eigenvalue weighted by molar-refractivity contribution is 5.93. The predicted molar refractivity (Wildman–Crippen MR) is 105 cm³/mol. The molecule has 0 spiro atoms. The third-order valence-corrected chi connectivity index (χ3v) is 4.08. The highest BCUT2D eigenvalue weighted by Crippen LogP contribution is 2.27. The topological polar surface area (TPSA) is 59.6 Å². The van der Waals surface area contributed by atoms with Crippen molar-refractivity contribution in [1.29, 1.82) is 0 Å². The Kier molecular flexibility index (Phi) is 7.48. The predicted octanol–water partition coefficient (Wildman–Crippen LogP) is 3.73. The van der Waals surface area contributed by atoms with E-state index in [2.05, 4.69) is 30.5 Å². The molecule has 2 N–H and O–H groups in total. The van der Waals surface area contributed by atoms with Gasteiger partial charge in [-0.1, -0.05) is 32.0 Å². The molecule has 26 heavy (non-hydrogen) atoms. The van der Waals surface area contributed by atoms with E-state index >= 15 is 0 Å². The fraction of sp³-hybridized carbons (Fsp3) is 0.381. The van der Waals surface area contributed by atoms with Crippen molar-refractivity contribution in [2.45, 2.75) is 26.7 Å². The number of ether oxygens (including phenoxy) is 2. The molecular formula is C21H28N2O3. The zero-order chi connectivity index (χ0) is 18.9. The molecule has 5 heteroatoms. The molecular weight excluding hydrogens is 328 g/mol. The van der Waals surface area contributed by atoms with Gasteiger partial charge in [0.1, 0.15) is 18.1 Å². The van der Waals surface area contributed by atoms with Crippen molar-refractivity contribution in [3.8, 4) is 11.5 Å². The van der Waals surface area contributed by atoms with Crippen LogP contribution < -0.4 is 20.1 Å². The van der Waals surface area contributed by atoms with Gasteiger partial charge in [-0.25, -0.2) is 0 Å². The lowest BCUT2D eigenvalue weighted by Gasteiger charge is -2.16. The Balaban J connectivity index is 1.74. The van der Waals surface area contributed by atoms with Crippen molar-refractivity contribution in [2.75, 3.05) is 32.1 Å². The number of aryl methyl sites for hydroxylation is 1. The molecule has 0 aliphatic carbocycles. The summed E-state index contributed by atoms with van der Waals surface area (Å²) in [5.74, 6) is 1.88. The van der Waals surface area contributed by atoms with Gasteiger partial charge in [0.05, 0.1) is 13.7 Å². The first kappa shape index (κ1) is 19.8. The number of nitrogens with one attached hydrogen (secondary N) is 2. The molecule has 2 aromatic rings. The van der Waals surface area contributed by atoms with Crippen molar-refractivity contribution < 1.29 is 14.3 Å². The largest absolute Gasteiger partial charge is 0.497 e. The van der Waals surface area contributed by atoms with Gasteiger partial charge in [-0.05, 0) is 48.2 Å². The van der Waals surface area contributed by atoms with Crippen LogP contribution in [0, 0.1) is 6.92 Å². The third-order valence-electron chi connectivity index (χ3n) is 4.08. The summed E-state index contributed by atoms with van der Waals surface area (Å²) in [6.07, 6.45) is 0. The van der Waals surface area contributed by atoms with Crippen LogP contribution in [0.25, 0.3) is 0 Å². The van der Waals surface area contributed by atoms with Crippen LogP contribution in [0.4, 0.5) is 5.69 Å². The normalized spacial score (nSPS) is 10.7. The summed E-state index contributed by atoms with van der Waals surface area (Å²) in [4.78, 5) is 12.2.